The normalized spacial score (nSPS) is 14.3. The Kier molecular flexibility index (Phi) is 10.4. The van der Waals surface area contributed by atoms with Gasteiger partial charge in [-0.3, -0.25) is 9.69 Å². The van der Waals surface area contributed by atoms with Crippen molar-refractivity contribution in [3.63, 3.8) is 0 Å². The van der Waals surface area contributed by atoms with Gasteiger partial charge in [0.1, 0.15) is 11.3 Å². The van der Waals surface area contributed by atoms with Crippen LogP contribution in [0.3, 0.4) is 0 Å². The fourth-order valence-electron chi connectivity index (χ4n) is 4.05. The van der Waals surface area contributed by atoms with Crippen LogP contribution in [-0.2, 0) is 14.8 Å². The number of nitrogens with zero attached hydrogens (tertiary/aromatic N) is 5. The van der Waals surface area contributed by atoms with Crippen LogP contribution < -0.4 is 4.90 Å². The summed E-state index contributed by atoms with van der Waals surface area (Å²) in [6.45, 7) is 3.30. The molecule has 1 aromatic heterocycles. The Bertz CT molecular complexity index is 1460. The Hall–Kier alpha value is -2.91. The standard InChI is InChI=1S/C25H29F2N5O5S2.ClH/c1-4-37-25(34)30-10-12-31(13-11-30)39(35,36)19-7-5-17(6-8-19)23(33)32(14-9-29(2)3)24-28-22-20(27)15-18(26)16-21(22)38-24;/h5-8,15-16H,4,9-14H2,1-3H3;1H. The first-order valence-electron chi connectivity index (χ1n) is 12.3. The number of piperazine rings is 1. The molecular weight excluding hydrogens is 588 g/mol. The third-order valence-electron chi connectivity index (χ3n) is 6.15. The van der Waals surface area contributed by atoms with E-state index in [-0.39, 0.29) is 77.5 Å². The van der Waals surface area contributed by atoms with Gasteiger partial charge in [-0.2, -0.15) is 4.31 Å². The highest BCUT2D eigenvalue weighted by Crippen LogP contribution is 2.32. The molecule has 1 fully saturated rings. The number of halogens is 3. The second-order valence-corrected chi connectivity index (χ2v) is 12.1. The molecule has 0 N–H and O–H groups in total. The van der Waals surface area contributed by atoms with E-state index in [9.17, 15) is 26.8 Å². The summed E-state index contributed by atoms with van der Waals surface area (Å²) in [5, 5.41) is 0.206. The minimum atomic E-state index is -3.85. The van der Waals surface area contributed by atoms with E-state index in [0.29, 0.717) is 6.54 Å². The zero-order valence-electron chi connectivity index (χ0n) is 22.2. The number of thiazole rings is 1. The van der Waals surface area contributed by atoms with Crippen molar-refractivity contribution < 1.29 is 31.5 Å². The number of likely N-dealkylation sites (N-methyl/N-ethyl adjacent to an activating group) is 1. The van der Waals surface area contributed by atoms with Crippen molar-refractivity contribution in [2.45, 2.75) is 11.8 Å². The van der Waals surface area contributed by atoms with Crippen molar-refractivity contribution >= 4 is 61.1 Å². The van der Waals surface area contributed by atoms with Crippen LogP contribution in [-0.4, -0.2) is 99.5 Å². The molecule has 0 spiro atoms. The van der Waals surface area contributed by atoms with E-state index in [1.807, 2.05) is 19.0 Å². The van der Waals surface area contributed by atoms with Crippen LogP contribution in [0.1, 0.15) is 17.3 Å². The molecule has 4 rings (SSSR count). The maximum absolute atomic E-state index is 14.3. The van der Waals surface area contributed by atoms with Gasteiger partial charge in [0, 0.05) is 50.9 Å². The van der Waals surface area contributed by atoms with E-state index in [1.165, 1.54) is 44.4 Å². The number of amides is 2. The van der Waals surface area contributed by atoms with Crippen LogP contribution in [0.25, 0.3) is 10.2 Å². The van der Waals surface area contributed by atoms with Crippen molar-refractivity contribution in [2.24, 2.45) is 0 Å². The number of benzene rings is 2. The summed E-state index contributed by atoms with van der Waals surface area (Å²) in [4.78, 5) is 34.4. The van der Waals surface area contributed by atoms with E-state index in [0.717, 1.165) is 17.4 Å². The Balaban J connectivity index is 0.00000441. The summed E-state index contributed by atoms with van der Waals surface area (Å²) in [5.74, 6) is -2.01. The van der Waals surface area contributed by atoms with E-state index in [2.05, 4.69) is 4.98 Å². The summed E-state index contributed by atoms with van der Waals surface area (Å²) in [5.41, 5.74) is 0.189. The molecule has 15 heteroatoms. The molecule has 3 aromatic rings. The molecule has 40 heavy (non-hydrogen) atoms. The molecule has 10 nitrogen and oxygen atoms in total. The van der Waals surface area contributed by atoms with Crippen LogP contribution in [0, 0.1) is 11.6 Å². The number of hydrogen-bond donors (Lipinski definition) is 0. The second kappa shape index (κ2) is 13.2. The fraction of sp³-hybridized carbons (Fsp3) is 0.400. The highest BCUT2D eigenvalue weighted by Gasteiger charge is 2.31. The van der Waals surface area contributed by atoms with Gasteiger partial charge in [0.25, 0.3) is 5.91 Å². The summed E-state index contributed by atoms with van der Waals surface area (Å²) in [7, 11) is -0.179. The smallest absolute Gasteiger partial charge is 0.409 e. The fourth-order valence-corrected chi connectivity index (χ4v) is 6.50. The number of ether oxygens (including phenoxy) is 1. The van der Waals surface area contributed by atoms with E-state index < -0.39 is 33.7 Å². The maximum atomic E-state index is 14.3. The molecule has 2 aromatic carbocycles. The first-order valence-corrected chi connectivity index (χ1v) is 14.5. The lowest BCUT2D eigenvalue weighted by atomic mass is 10.2. The highest BCUT2D eigenvalue weighted by molar-refractivity contribution is 7.89. The Morgan fingerprint density at radius 2 is 1.70 bits per heavy atom. The highest BCUT2D eigenvalue weighted by atomic mass is 35.5. The van der Waals surface area contributed by atoms with Gasteiger partial charge in [-0.15, -0.1) is 12.4 Å². The lowest BCUT2D eigenvalue weighted by molar-refractivity contribution is 0.0933. The van der Waals surface area contributed by atoms with Gasteiger partial charge in [0.2, 0.25) is 10.0 Å². The molecule has 0 unspecified atom stereocenters. The molecule has 0 aliphatic carbocycles. The molecule has 2 amide bonds. The summed E-state index contributed by atoms with van der Waals surface area (Å²) < 4.78 is 60.9. The molecule has 0 atom stereocenters. The molecule has 0 bridgehead atoms. The summed E-state index contributed by atoms with van der Waals surface area (Å²) >= 11 is 0.996. The van der Waals surface area contributed by atoms with Gasteiger partial charge in [-0.1, -0.05) is 11.3 Å². The largest absolute Gasteiger partial charge is 0.450 e. The minimum Gasteiger partial charge on any atom is -0.450 e. The molecule has 0 saturated carbocycles. The number of rotatable bonds is 8. The number of anilines is 1. The van der Waals surface area contributed by atoms with Gasteiger partial charge in [0.05, 0.1) is 16.2 Å². The summed E-state index contributed by atoms with van der Waals surface area (Å²) in [6, 6.07) is 7.46. The Labute approximate surface area is 241 Å². The third-order valence-corrected chi connectivity index (χ3v) is 9.09. The van der Waals surface area contributed by atoms with Crippen LogP contribution >= 0.6 is 23.7 Å². The van der Waals surface area contributed by atoms with Gasteiger partial charge < -0.3 is 14.5 Å². The number of carbonyl (C=O) groups excluding carboxylic acids is 2. The molecular formula is C25H30ClF2N5O5S2. The quantitative estimate of drug-likeness (QED) is 0.380. The number of aromatic nitrogens is 1. The van der Waals surface area contributed by atoms with Crippen molar-refractivity contribution in [1.29, 1.82) is 0 Å². The van der Waals surface area contributed by atoms with Crippen molar-refractivity contribution in [1.82, 2.24) is 19.1 Å². The zero-order chi connectivity index (χ0) is 28.3. The van der Waals surface area contributed by atoms with Crippen molar-refractivity contribution in [3.05, 3.63) is 53.6 Å². The van der Waals surface area contributed by atoms with E-state index >= 15 is 0 Å². The second-order valence-electron chi connectivity index (χ2n) is 9.11. The number of hydrogen-bond acceptors (Lipinski definition) is 8. The third kappa shape index (κ3) is 6.86. The Morgan fingerprint density at radius 1 is 1.05 bits per heavy atom. The summed E-state index contributed by atoms with van der Waals surface area (Å²) in [6.07, 6.45) is -0.475. The van der Waals surface area contributed by atoms with Gasteiger partial charge in [-0.05, 0) is 51.4 Å². The van der Waals surface area contributed by atoms with E-state index in [1.54, 1.807) is 6.92 Å². The molecule has 0 radical (unpaired) electrons. The van der Waals surface area contributed by atoms with E-state index in [4.69, 9.17) is 4.74 Å². The average molecular weight is 618 g/mol. The molecule has 1 aliphatic heterocycles. The van der Waals surface area contributed by atoms with Gasteiger partial charge in [0.15, 0.2) is 10.9 Å². The number of carbonyl (C=O) groups is 2. The lowest BCUT2D eigenvalue weighted by Gasteiger charge is -2.33. The molecule has 218 valence electrons. The minimum absolute atomic E-state index is 0. The van der Waals surface area contributed by atoms with Crippen molar-refractivity contribution in [3.8, 4) is 0 Å². The predicted molar refractivity (Wildman–Crippen MR) is 151 cm³/mol. The predicted octanol–water partition coefficient (Wildman–Crippen LogP) is 3.67. The van der Waals surface area contributed by atoms with Crippen LogP contribution in [0.5, 0.6) is 0 Å². The first-order chi connectivity index (χ1) is 18.5. The lowest BCUT2D eigenvalue weighted by Crippen LogP contribution is -2.50. The monoisotopic (exact) mass is 617 g/mol. The van der Waals surface area contributed by atoms with Crippen LogP contribution in [0.2, 0.25) is 0 Å². The average Bonchev–Trinajstić information content (AvgIpc) is 3.33. The number of fused-ring (bicyclic) bond motifs is 1. The maximum Gasteiger partial charge on any atom is 0.409 e. The Morgan fingerprint density at radius 3 is 2.30 bits per heavy atom. The van der Waals surface area contributed by atoms with Crippen molar-refractivity contribution in [2.75, 3.05) is 64.9 Å². The molecule has 2 heterocycles. The van der Waals surface area contributed by atoms with Crippen LogP contribution in [0.4, 0.5) is 18.7 Å². The first kappa shape index (κ1) is 31.6. The molecule has 1 saturated heterocycles. The SMILES string of the molecule is CCOC(=O)N1CCN(S(=O)(=O)c2ccc(C(=O)N(CCN(C)C)c3nc4c(F)cc(F)cc4s3)cc2)CC1.Cl. The van der Waals surface area contributed by atoms with Gasteiger partial charge in [-0.25, -0.2) is 27.0 Å². The van der Waals surface area contributed by atoms with Crippen LogP contribution in [0.15, 0.2) is 41.3 Å². The topological polar surface area (TPSA) is 103 Å². The molecule has 1 aliphatic rings. The number of sulfonamides is 1. The van der Waals surface area contributed by atoms with Gasteiger partial charge >= 0.3 is 6.09 Å². The zero-order valence-corrected chi connectivity index (χ0v) is 24.6.